The minimum absolute atomic E-state index is 0.217. The van der Waals surface area contributed by atoms with Crippen molar-refractivity contribution in [2.45, 2.75) is 62.6 Å². The molecular weight excluding hydrogens is 436 g/mol. The highest BCUT2D eigenvalue weighted by Crippen LogP contribution is 2.70. The largest absolute Gasteiger partial charge is 0.464 e. The van der Waals surface area contributed by atoms with Gasteiger partial charge in [-0.3, -0.25) is 4.68 Å². The number of carbonyl (C=O) groups excluding carboxylic acids is 1. The third kappa shape index (κ3) is 2.24. The summed E-state index contributed by atoms with van der Waals surface area (Å²) < 4.78 is 47.5. The van der Waals surface area contributed by atoms with Gasteiger partial charge >= 0.3 is 5.97 Å². The molecule has 4 aliphatic rings. The molecule has 24 heavy (non-hydrogen) atoms. The second-order valence-corrected chi connectivity index (χ2v) is 9.22. The minimum Gasteiger partial charge on any atom is -0.464 e. The molecule has 4 fully saturated rings. The van der Waals surface area contributed by atoms with Gasteiger partial charge in [-0.05, 0) is 47.3 Å². The Morgan fingerprint density at radius 2 is 1.83 bits per heavy atom. The van der Waals surface area contributed by atoms with Crippen LogP contribution in [0.15, 0.2) is 0 Å². The van der Waals surface area contributed by atoms with Crippen LogP contribution in [0.5, 0.6) is 0 Å². The number of methoxy groups -OCH3 is 1. The summed E-state index contributed by atoms with van der Waals surface area (Å²) in [4.78, 5) is 12.2. The zero-order valence-electron chi connectivity index (χ0n) is 13.5. The Balaban J connectivity index is 1.67. The van der Waals surface area contributed by atoms with Crippen LogP contribution in [-0.4, -0.2) is 34.5 Å². The van der Waals surface area contributed by atoms with E-state index >= 15 is 0 Å². The fourth-order valence-electron chi connectivity index (χ4n) is 4.77. The molecule has 0 N–H and O–H groups in total. The standard InChI is InChI=1S/C16H18F3IN2O2/c1-13(3-16(18,19)4-13)8-22-10(12(23)24-2)9(20)11(21-22)14-5-15(17,6-14)7-14/h3-8H2,1-2H3. The first-order valence-electron chi connectivity index (χ1n) is 7.92. The molecule has 1 heterocycles. The van der Waals surface area contributed by atoms with Crippen LogP contribution in [0.25, 0.3) is 0 Å². The number of hydrogen-bond donors (Lipinski definition) is 0. The van der Waals surface area contributed by atoms with E-state index in [2.05, 4.69) is 5.10 Å². The van der Waals surface area contributed by atoms with Gasteiger partial charge in [0.1, 0.15) is 5.67 Å². The second-order valence-electron chi connectivity index (χ2n) is 8.14. The SMILES string of the molecule is COC(=O)c1c(I)c(C23CC(F)(C2)C3)nn1CC1(C)CC(F)(F)C1. The third-order valence-electron chi connectivity index (χ3n) is 5.64. The number of rotatable bonds is 4. The van der Waals surface area contributed by atoms with Gasteiger partial charge in [-0.15, -0.1) is 0 Å². The van der Waals surface area contributed by atoms with Gasteiger partial charge in [0.05, 0.1) is 16.4 Å². The summed E-state index contributed by atoms with van der Waals surface area (Å²) in [5, 5.41) is 4.55. The fourth-order valence-corrected chi connectivity index (χ4v) is 5.95. The number of halogens is 4. The maximum atomic E-state index is 13.9. The van der Waals surface area contributed by atoms with E-state index < -0.39 is 23.0 Å². The molecule has 0 saturated heterocycles. The number of hydrogen-bond acceptors (Lipinski definition) is 3. The van der Waals surface area contributed by atoms with Gasteiger partial charge in [-0.1, -0.05) is 6.92 Å². The average molecular weight is 454 g/mol. The predicted molar refractivity (Wildman–Crippen MR) is 87.9 cm³/mol. The minimum atomic E-state index is -2.64. The Bertz CT molecular complexity index is 718. The molecule has 0 aliphatic heterocycles. The van der Waals surface area contributed by atoms with E-state index in [1.54, 1.807) is 6.92 Å². The van der Waals surface area contributed by atoms with Gasteiger partial charge < -0.3 is 4.74 Å². The number of nitrogens with zero attached hydrogens (tertiary/aromatic N) is 2. The molecule has 5 rings (SSSR count). The lowest BCUT2D eigenvalue weighted by Gasteiger charge is -2.65. The van der Waals surface area contributed by atoms with Crippen LogP contribution in [0.2, 0.25) is 0 Å². The van der Waals surface area contributed by atoms with E-state index in [4.69, 9.17) is 4.74 Å². The number of ether oxygens (including phenoxy) is 1. The monoisotopic (exact) mass is 454 g/mol. The Hall–Kier alpha value is -0.800. The molecule has 2 bridgehead atoms. The summed E-state index contributed by atoms with van der Waals surface area (Å²) in [5.41, 5.74) is -0.941. The summed E-state index contributed by atoms with van der Waals surface area (Å²) >= 11 is 2.05. The van der Waals surface area contributed by atoms with Crippen molar-refractivity contribution >= 4 is 28.6 Å². The van der Waals surface area contributed by atoms with Gasteiger partial charge in [0.15, 0.2) is 5.69 Å². The molecule has 0 aromatic carbocycles. The molecule has 4 aliphatic carbocycles. The summed E-state index contributed by atoms with van der Waals surface area (Å²) in [6.45, 7) is 2.01. The molecule has 0 atom stereocenters. The maximum Gasteiger partial charge on any atom is 0.357 e. The van der Waals surface area contributed by atoms with E-state index in [0.717, 1.165) is 5.69 Å². The quantitative estimate of drug-likeness (QED) is 0.513. The van der Waals surface area contributed by atoms with Crippen LogP contribution < -0.4 is 0 Å². The van der Waals surface area contributed by atoms with Crippen LogP contribution in [0.1, 0.15) is 55.2 Å². The molecule has 1 aromatic heterocycles. The first kappa shape index (κ1) is 16.7. The summed E-state index contributed by atoms with van der Waals surface area (Å²) in [5.74, 6) is -3.17. The lowest BCUT2D eigenvalue weighted by atomic mass is 9.41. The van der Waals surface area contributed by atoms with Gasteiger partial charge in [0.25, 0.3) is 0 Å². The van der Waals surface area contributed by atoms with Gasteiger partial charge in [0, 0.05) is 24.8 Å². The van der Waals surface area contributed by atoms with Gasteiger partial charge in [0.2, 0.25) is 5.92 Å². The van der Waals surface area contributed by atoms with Crippen LogP contribution in [0.3, 0.4) is 0 Å². The topological polar surface area (TPSA) is 44.1 Å². The van der Waals surface area contributed by atoms with Crippen molar-refractivity contribution in [1.82, 2.24) is 9.78 Å². The van der Waals surface area contributed by atoms with Crippen molar-refractivity contribution in [2.24, 2.45) is 5.41 Å². The molecule has 8 heteroatoms. The zero-order valence-corrected chi connectivity index (χ0v) is 15.6. The van der Waals surface area contributed by atoms with Crippen molar-refractivity contribution < 1.29 is 22.7 Å². The number of esters is 1. The van der Waals surface area contributed by atoms with Gasteiger partial charge in [-0.2, -0.15) is 5.10 Å². The summed E-state index contributed by atoms with van der Waals surface area (Å²) in [7, 11) is 1.28. The number of alkyl halides is 3. The molecule has 132 valence electrons. The fraction of sp³-hybridized carbons (Fsp3) is 0.750. The first-order valence-corrected chi connectivity index (χ1v) is 9.00. The summed E-state index contributed by atoms with van der Waals surface area (Å²) in [6, 6.07) is 0. The van der Waals surface area contributed by atoms with E-state index in [9.17, 15) is 18.0 Å². The molecule has 0 amide bonds. The smallest absolute Gasteiger partial charge is 0.357 e. The Morgan fingerprint density at radius 1 is 1.25 bits per heavy atom. The van der Waals surface area contributed by atoms with Crippen molar-refractivity contribution in [3.8, 4) is 0 Å². The lowest BCUT2D eigenvalue weighted by Crippen LogP contribution is -2.67. The normalized spacial score (nSPS) is 34.8. The molecule has 4 nitrogen and oxygen atoms in total. The average Bonchev–Trinajstić information content (AvgIpc) is 2.67. The highest BCUT2D eigenvalue weighted by molar-refractivity contribution is 14.1. The highest BCUT2D eigenvalue weighted by atomic mass is 127. The Kier molecular flexibility index (Phi) is 3.24. The molecule has 1 aromatic rings. The maximum absolute atomic E-state index is 13.9. The van der Waals surface area contributed by atoms with Gasteiger partial charge in [-0.25, -0.2) is 18.0 Å². The molecule has 4 saturated carbocycles. The lowest BCUT2D eigenvalue weighted by molar-refractivity contribution is -0.163. The molecule has 0 unspecified atom stereocenters. The second kappa shape index (κ2) is 4.67. The van der Waals surface area contributed by atoms with Crippen LogP contribution in [0.4, 0.5) is 13.2 Å². The number of carbonyl (C=O) groups is 1. The van der Waals surface area contributed by atoms with Crippen molar-refractivity contribution in [3.05, 3.63) is 15.0 Å². The third-order valence-corrected chi connectivity index (χ3v) is 6.67. The van der Waals surface area contributed by atoms with Crippen molar-refractivity contribution in [2.75, 3.05) is 7.11 Å². The summed E-state index contributed by atoms with van der Waals surface area (Å²) in [6.07, 6.45) is 0.866. The first-order chi connectivity index (χ1) is 11.0. The molecule has 0 spiro atoms. The number of aromatic nitrogens is 2. The van der Waals surface area contributed by atoms with E-state index in [1.807, 2.05) is 22.6 Å². The molecule has 0 radical (unpaired) electrons. The Labute approximate surface area is 151 Å². The van der Waals surface area contributed by atoms with E-state index in [0.29, 0.717) is 28.5 Å². The zero-order chi connectivity index (χ0) is 17.5. The van der Waals surface area contributed by atoms with E-state index in [1.165, 1.54) is 11.8 Å². The van der Waals surface area contributed by atoms with Crippen LogP contribution in [0, 0.1) is 8.99 Å². The highest BCUT2D eigenvalue weighted by Gasteiger charge is 2.71. The van der Waals surface area contributed by atoms with Crippen molar-refractivity contribution in [3.63, 3.8) is 0 Å². The predicted octanol–water partition coefficient (Wildman–Crippen LogP) is 3.85. The van der Waals surface area contributed by atoms with E-state index in [-0.39, 0.29) is 24.8 Å². The van der Waals surface area contributed by atoms with Crippen LogP contribution in [-0.2, 0) is 16.7 Å². The Morgan fingerprint density at radius 3 is 2.29 bits per heavy atom. The van der Waals surface area contributed by atoms with Crippen LogP contribution >= 0.6 is 22.6 Å². The molecular formula is C16H18F3IN2O2. The van der Waals surface area contributed by atoms with Crippen molar-refractivity contribution in [1.29, 1.82) is 0 Å².